The highest BCUT2D eigenvalue weighted by molar-refractivity contribution is 4.77. The third kappa shape index (κ3) is 2.96. The lowest BCUT2D eigenvalue weighted by molar-refractivity contribution is -0.245. The van der Waals surface area contributed by atoms with E-state index in [2.05, 4.69) is 20.8 Å². The van der Waals surface area contributed by atoms with Gasteiger partial charge in [-0.15, -0.1) is 0 Å². The largest absolute Gasteiger partial charge is 0.353 e. The minimum absolute atomic E-state index is 0.349. The maximum absolute atomic E-state index is 5.55. The van der Waals surface area contributed by atoms with Crippen molar-refractivity contribution in [2.45, 2.75) is 52.2 Å². The van der Waals surface area contributed by atoms with Crippen LogP contribution >= 0.6 is 0 Å². The van der Waals surface area contributed by atoms with E-state index in [4.69, 9.17) is 9.47 Å². The predicted molar refractivity (Wildman–Crippen MR) is 55.7 cm³/mol. The summed E-state index contributed by atoms with van der Waals surface area (Å²) < 4.78 is 11.1. The molecule has 0 N–H and O–H groups in total. The molecule has 0 saturated carbocycles. The molecular weight excluding hydrogens is 164 g/mol. The van der Waals surface area contributed by atoms with E-state index >= 15 is 0 Å². The van der Waals surface area contributed by atoms with Crippen LogP contribution in [0, 0.1) is 5.92 Å². The molecule has 0 bridgehead atoms. The second kappa shape index (κ2) is 6.39. The van der Waals surface area contributed by atoms with Crippen LogP contribution in [0.4, 0.5) is 0 Å². The first kappa shape index (κ1) is 12.9. The Labute approximate surface area is 82.6 Å². The predicted octanol–water partition coefficient (Wildman–Crippen LogP) is 3.21. The van der Waals surface area contributed by atoms with Crippen molar-refractivity contribution in [3.8, 4) is 0 Å². The normalized spacial score (nSPS) is 12.5. The average Bonchev–Trinajstić information content (AvgIpc) is 2.18. The van der Waals surface area contributed by atoms with Crippen LogP contribution in [0.25, 0.3) is 0 Å². The molecule has 13 heavy (non-hydrogen) atoms. The van der Waals surface area contributed by atoms with Gasteiger partial charge in [-0.25, -0.2) is 0 Å². The van der Waals surface area contributed by atoms with Gasteiger partial charge in [-0.1, -0.05) is 27.2 Å². The lowest BCUT2D eigenvalue weighted by Crippen LogP contribution is -2.41. The van der Waals surface area contributed by atoms with Gasteiger partial charge in [0.15, 0.2) is 5.79 Å². The monoisotopic (exact) mass is 188 g/mol. The SMILES string of the molecule is CCCC(OC)(OC)C(CC)CC. The molecule has 0 unspecified atom stereocenters. The number of rotatable bonds is 7. The minimum atomic E-state index is -0.349. The van der Waals surface area contributed by atoms with Gasteiger partial charge in [-0.2, -0.15) is 0 Å². The molecule has 0 aromatic carbocycles. The van der Waals surface area contributed by atoms with E-state index in [1.165, 1.54) is 0 Å². The molecular formula is C11H24O2. The van der Waals surface area contributed by atoms with Crippen molar-refractivity contribution in [3.63, 3.8) is 0 Å². The maximum atomic E-state index is 5.55. The molecule has 0 radical (unpaired) electrons. The molecule has 0 aliphatic rings. The van der Waals surface area contributed by atoms with Crippen molar-refractivity contribution in [3.05, 3.63) is 0 Å². The Morgan fingerprint density at radius 2 is 1.46 bits per heavy atom. The lowest BCUT2D eigenvalue weighted by atomic mass is 9.89. The Balaban J connectivity index is 4.50. The summed E-state index contributed by atoms with van der Waals surface area (Å²) in [5.74, 6) is 0.153. The second-order valence-electron chi connectivity index (χ2n) is 3.48. The Kier molecular flexibility index (Phi) is 6.35. The van der Waals surface area contributed by atoms with Crippen LogP contribution in [0.5, 0.6) is 0 Å². The maximum Gasteiger partial charge on any atom is 0.170 e. The van der Waals surface area contributed by atoms with E-state index < -0.39 is 0 Å². The molecule has 0 atom stereocenters. The van der Waals surface area contributed by atoms with Crippen molar-refractivity contribution < 1.29 is 9.47 Å². The Hall–Kier alpha value is -0.0800. The zero-order valence-corrected chi connectivity index (χ0v) is 9.72. The lowest BCUT2D eigenvalue weighted by Gasteiger charge is -2.37. The Bertz CT molecular complexity index is 115. The molecule has 0 aliphatic carbocycles. The van der Waals surface area contributed by atoms with Crippen LogP contribution in [0.15, 0.2) is 0 Å². The van der Waals surface area contributed by atoms with E-state index in [-0.39, 0.29) is 5.79 Å². The van der Waals surface area contributed by atoms with Gasteiger partial charge >= 0.3 is 0 Å². The molecule has 2 nitrogen and oxygen atoms in total. The smallest absolute Gasteiger partial charge is 0.170 e. The Morgan fingerprint density at radius 3 is 1.69 bits per heavy atom. The van der Waals surface area contributed by atoms with Crippen LogP contribution in [0.1, 0.15) is 46.5 Å². The highest BCUT2D eigenvalue weighted by atomic mass is 16.7. The van der Waals surface area contributed by atoms with Gasteiger partial charge in [0.25, 0.3) is 0 Å². The molecule has 80 valence electrons. The highest BCUT2D eigenvalue weighted by Gasteiger charge is 2.35. The zero-order chi connectivity index (χ0) is 10.3. The van der Waals surface area contributed by atoms with Crippen LogP contribution in [-0.4, -0.2) is 20.0 Å². The van der Waals surface area contributed by atoms with E-state index in [0.717, 1.165) is 25.7 Å². The fraction of sp³-hybridized carbons (Fsp3) is 1.00. The summed E-state index contributed by atoms with van der Waals surface area (Å²) in [6.45, 7) is 6.54. The molecule has 0 aromatic rings. The Morgan fingerprint density at radius 1 is 1.00 bits per heavy atom. The molecule has 0 fully saturated rings. The summed E-state index contributed by atoms with van der Waals surface area (Å²) in [6, 6.07) is 0. The van der Waals surface area contributed by atoms with Gasteiger partial charge in [0.1, 0.15) is 0 Å². The highest BCUT2D eigenvalue weighted by Crippen LogP contribution is 2.32. The van der Waals surface area contributed by atoms with E-state index in [9.17, 15) is 0 Å². The van der Waals surface area contributed by atoms with Crippen LogP contribution in [0.3, 0.4) is 0 Å². The van der Waals surface area contributed by atoms with Gasteiger partial charge in [-0.3, -0.25) is 0 Å². The molecule has 0 amide bonds. The number of hydrogen-bond donors (Lipinski definition) is 0. The standard InChI is InChI=1S/C11H24O2/c1-6-9-11(12-4,13-5)10(7-2)8-3/h10H,6-9H2,1-5H3. The van der Waals surface area contributed by atoms with E-state index in [1.54, 1.807) is 14.2 Å². The third-order valence-corrected chi connectivity index (χ3v) is 2.90. The fourth-order valence-corrected chi connectivity index (χ4v) is 2.08. The van der Waals surface area contributed by atoms with Crippen molar-refractivity contribution in [2.24, 2.45) is 5.92 Å². The van der Waals surface area contributed by atoms with Crippen LogP contribution in [-0.2, 0) is 9.47 Å². The van der Waals surface area contributed by atoms with Crippen molar-refractivity contribution in [2.75, 3.05) is 14.2 Å². The zero-order valence-electron chi connectivity index (χ0n) is 9.72. The summed E-state index contributed by atoms with van der Waals surface area (Å²) in [5, 5.41) is 0. The average molecular weight is 188 g/mol. The first-order valence-electron chi connectivity index (χ1n) is 5.30. The van der Waals surface area contributed by atoms with Gasteiger partial charge in [0.05, 0.1) is 0 Å². The van der Waals surface area contributed by atoms with Crippen LogP contribution < -0.4 is 0 Å². The summed E-state index contributed by atoms with van der Waals surface area (Å²) >= 11 is 0. The summed E-state index contributed by atoms with van der Waals surface area (Å²) in [7, 11) is 3.50. The number of ether oxygens (including phenoxy) is 2. The summed E-state index contributed by atoms with van der Waals surface area (Å²) in [6.07, 6.45) is 4.29. The second-order valence-corrected chi connectivity index (χ2v) is 3.48. The molecule has 0 saturated heterocycles. The molecule has 0 aromatic heterocycles. The van der Waals surface area contributed by atoms with Gasteiger partial charge in [-0.05, 0) is 12.8 Å². The van der Waals surface area contributed by atoms with Crippen molar-refractivity contribution >= 4 is 0 Å². The first-order valence-corrected chi connectivity index (χ1v) is 5.30. The molecule has 0 rings (SSSR count). The molecule has 0 heterocycles. The van der Waals surface area contributed by atoms with Crippen LogP contribution in [0.2, 0.25) is 0 Å². The van der Waals surface area contributed by atoms with Crippen molar-refractivity contribution in [1.29, 1.82) is 0 Å². The quantitative estimate of drug-likeness (QED) is 0.571. The fourth-order valence-electron chi connectivity index (χ4n) is 2.08. The molecule has 0 aliphatic heterocycles. The molecule has 0 spiro atoms. The summed E-state index contributed by atoms with van der Waals surface area (Å²) in [5.41, 5.74) is 0. The first-order chi connectivity index (χ1) is 6.20. The topological polar surface area (TPSA) is 18.5 Å². The van der Waals surface area contributed by atoms with Crippen molar-refractivity contribution in [1.82, 2.24) is 0 Å². The third-order valence-electron chi connectivity index (χ3n) is 2.90. The number of hydrogen-bond acceptors (Lipinski definition) is 2. The van der Waals surface area contributed by atoms with E-state index in [1.807, 2.05) is 0 Å². The molecule has 2 heteroatoms. The minimum Gasteiger partial charge on any atom is -0.353 e. The van der Waals surface area contributed by atoms with E-state index in [0.29, 0.717) is 5.92 Å². The summed E-state index contributed by atoms with van der Waals surface area (Å²) in [4.78, 5) is 0. The van der Waals surface area contributed by atoms with Gasteiger partial charge in [0.2, 0.25) is 0 Å². The van der Waals surface area contributed by atoms with Gasteiger partial charge < -0.3 is 9.47 Å². The van der Waals surface area contributed by atoms with Gasteiger partial charge in [0, 0.05) is 26.6 Å². The number of methoxy groups -OCH3 is 2.